The quantitative estimate of drug-likeness (QED) is 0.769. The largest absolute Gasteiger partial charge is 0.397 e. The zero-order valence-electron chi connectivity index (χ0n) is 7.44. The van der Waals surface area contributed by atoms with Gasteiger partial charge >= 0.3 is 0 Å². The van der Waals surface area contributed by atoms with Gasteiger partial charge in [0, 0.05) is 6.61 Å². The molecule has 0 saturated carbocycles. The molecule has 0 amide bonds. The molecule has 0 spiro atoms. The highest BCUT2D eigenvalue weighted by atomic mass is 79.9. The number of benzene rings is 1. The number of rotatable bonds is 1. The van der Waals surface area contributed by atoms with Crippen LogP contribution in [-0.4, -0.2) is 11.7 Å². The van der Waals surface area contributed by atoms with E-state index >= 15 is 0 Å². The molecule has 0 aliphatic carbocycles. The molecule has 70 valence electrons. The minimum absolute atomic E-state index is 0.173. The van der Waals surface area contributed by atoms with Crippen LogP contribution in [0.5, 0.6) is 0 Å². The average Bonchev–Trinajstić information content (AvgIpc) is 2.19. The Morgan fingerprint density at radius 1 is 1.46 bits per heavy atom. The monoisotopic (exact) mass is 241 g/mol. The van der Waals surface area contributed by atoms with Gasteiger partial charge in [0.25, 0.3) is 0 Å². The van der Waals surface area contributed by atoms with Crippen molar-refractivity contribution in [3.63, 3.8) is 0 Å². The molecule has 0 radical (unpaired) electrons. The zero-order valence-corrected chi connectivity index (χ0v) is 9.03. The highest BCUT2D eigenvalue weighted by Crippen LogP contribution is 2.20. The predicted octanol–water partition coefficient (Wildman–Crippen LogP) is 2.64. The molecule has 0 aliphatic heterocycles. The van der Waals surface area contributed by atoms with E-state index in [0.717, 1.165) is 5.56 Å². The molecule has 1 rings (SSSR count). The summed E-state index contributed by atoms with van der Waals surface area (Å²) in [6.45, 7) is 1.93. The summed E-state index contributed by atoms with van der Waals surface area (Å²) in [5.74, 6) is 0. The lowest BCUT2D eigenvalue weighted by atomic mass is 10.2. The van der Waals surface area contributed by atoms with Crippen molar-refractivity contribution in [2.24, 2.45) is 0 Å². The maximum absolute atomic E-state index is 8.49. The maximum Gasteiger partial charge on any atom is 0.126 e. The molecule has 2 nitrogen and oxygen atoms in total. The Morgan fingerprint density at radius 2 is 1.92 bits per heavy atom. The van der Waals surface area contributed by atoms with Gasteiger partial charge in [-0.05, 0) is 12.5 Å². The number of halogens is 1. The first-order valence-electron chi connectivity index (χ1n) is 3.95. The molecule has 1 unspecified atom stereocenters. The second-order valence-corrected chi connectivity index (χ2v) is 3.13. The molecule has 1 aromatic carbocycles. The molecule has 1 atom stereocenters. The van der Waals surface area contributed by atoms with Gasteiger partial charge in [0.2, 0.25) is 0 Å². The lowest BCUT2D eigenvalue weighted by Gasteiger charge is -1.97. The van der Waals surface area contributed by atoms with Crippen LogP contribution in [0.15, 0.2) is 30.3 Å². The van der Waals surface area contributed by atoms with Crippen molar-refractivity contribution in [3.8, 4) is 6.07 Å². The SMILES string of the molecule is CCO.N#CC(Br)c1ccccc1. The number of aliphatic hydroxyl groups is 1. The number of nitriles is 1. The van der Waals surface area contributed by atoms with Crippen molar-refractivity contribution in [2.75, 3.05) is 6.61 Å². The van der Waals surface area contributed by atoms with Crippen LogP contribution in [0.3, 0.4) is 0 Å². The van der Waals surface area contributed by atoms with Gasteiger partial charge in [-0.25, -0.2) is 0 Å². The number of hydrogen-bond acceptors (Lipinski definition) is 2. The van der Waals surface area contributed by atoms with Crippen molar-refractivity contribution in [1.82, 2.24) is 0 Å². The van der Waals surface area contributed by atoms with Gasteiger partial charge in [0.1, 0.15) is 4.83 Å². The van der Waals surface area contributed by atoms with Gasteiger partial charge in [0.15, 0.2) is 0 Å². The van der Waals surface area contributed by atoms with Crippen molar-refractivity contribution in [3.05, 3.63) is 35.9 Å². The average molecular weight is 242 g/mol. The van der Waals surface area contributed by atoms with Gasteiger partial charge in [-0.1, -0.05) is 46.3 Å². The molecule has 13 heavy (non-hydrogen) atoms. The van der Waals surface area contributed by atoms with E-state index in [1.165, 1.54) is 0 Å². The van der Waals surface area contributed by atoms with Crippen LogP contribution < -0.4 is 0 Å². The molecule has 0 saturated heterocycles. The number of alkyl halides is 1. The zero-order chi connectivity index (χ0) is 10.1. The molecule has 3 heteroatoms. The summed E-state index contributed by atoms with van der Waals surface area (Å²) in [5.41, 5.74) is 1.00. The van der Waals surface area contributed by atoms with Gasteiger partial charge in [-0.3, -0.25) is 0 Å². The lowest BCUT2D eigenvalue weighted by Crippen LogP contribution is -1.82. The third-order valence-corrected chi connectivity index (χ3v) is 1.94. The Morgan fingerprint density at radius 3 is 2.31 bits per heavy atom. The number of nitrogens with zero attached hydrogens (tertiary/aromatic N) is 1. The highest BCUT2D eigenvalue weighted by Gasteiger charge is 2.01. The molecule has 0 heterocycles. The second kappa shape index (κ2) is 7.78. The van der Waals surface area contributed by atoms with Crippen LogP contribution in [0.2, 0.25) is 0 Å². The number of aliphatic hydroxyl groups excluding tert-OH is 1. The van der Waals surface area contributed by atoms with Gasteiger partial charge in [-0.15, -0.1) is 0 Å². The van der Waals surface area contributed by atoms with E-state index in [9.17, 15) is 0 Å². The van der Waals surface area contributed by atoms with Crippen LogP contribution in [0, 0.1) is 11.3 Å². The van der Waals surface area contributed by atoms with E-state index in [-0.39, 0.29) is 11.4 Å². The van der Waals surface area contributed by atoms with E-state index in [1.54, 1.807) is 6.92 Å². The Bertz CT molecular complexity index is 255. The number of hydrogen-bond donors (Lipinski definition) is 1. The Kier molecular flexibility index (Phi) is 7.27. The van der Waals surface area contributed by atoms with E-state index < -0.39 is 0 Å². The van der Waals surface area contributed by atoms with E-state index in [2.05, 4.69) is 22.0 Å². The standard InChI is InChI=1S/C8H6BrN.C2H6O/c9-8(6-10)7-4-2-1-3-5-7;1-2-3/h1-5,8H;3H,2H2,1H3. The summed E-state index contributed by atoms with van der Waals surface area (Å²) in [7, 11) is 0. The summed E-state index contributed by atoms with van der Waals surface area (Å²) in [6.07, 6.45) is 0. The van der Waals surface area contributed by atoms with Gasteiger partial charge in [0.05, 0.1) is 6.07 Å². The Labute approximate surface area is 87.0 Å². The van der Waals surface area contributed by atoms with E-state index in [4.69, 9.17) is 10.4 Å². The van der Waals surface area contributed by atoms with Crippen LogP contribution in [-0.2, 0) is 0 Å². The van der Waals surface area contributed by atoms with E-state index in [1.807, 2.05) is 30.3 Å². The minimum atomic E-state index is -0.173. The summed E-state index contributed by atoms with van der Waals surface area (Å²) in [4.78, 5) is -0.173. The van der Waals surface area contributed by atoms with Crippen LogP contribution in [0.4, 0.5) is 0 Å². The van der Waals surface area contributed by atoms with Crippen molar-refractivity contribution >= 4 is 15.9 Å². The molecule has 0 fully saturated rings. The van der Waals surface area contributed by atoms with Crippen molar-refractivity contribution in [1.29, 1.82) is 5.26 Å². The first-order chi connectivity index (χ1) is 6.26. The highest BCUT2D eigenvalue weighted by molar-refractivity contribution is 9.09. The summed E-state index contributed by atoms with van der Waals surface area (Å²) in [5, 5.41) is 16.1. The maximum atomic E-state index is 8.49. The van der Waals surface area contributed by atoms with Gasteiger partial charge in [-0.2, -0.15) is 5.26 Å². The van der Waals surface area contributed by atoms with Crippen LogP contribution in [0.25, 0.3) is 0 Å². The topological polar surface area (TPSA) is 44.0 Å². The van der Waals surface area contributed by atoms with Gasteiger partial charge < -0.3 is 5.11 Å². The van der Waals surface area contributed by atoms with Crippen molar-refractivity contribution in [2.45, 2.75) is 11.8 Å². The first-order valence-corrected chi connectivity index (χ1v) is 4.87. The Hall–Kier alpha value is -0.850. The third-order valence-electron chi connectivity index (χ3n) is 1.21. The van der Waals surface area contributed by atoms with Crippen molar-refractivity contribution < 1.29 is 5.11 Å². The fourth-order valence-corrected chi connectivity index (χ4v) is 1.00. The fourth-order valence-electron chi connectivity index (χ4n) is 0.697. The van der Waals surface area contributed by atoms with Crippen LogP contribution in [0.1, 0.15) is 17.3 Å². The lowest BCUT2D eigenvalue weighted by molar-refractivity contribution is 0.318. The normalized spacial score (nSPS) is 10.6. The van der Waals surface area contributed by atoms with E-state index in [0.29, 0.717) is 0 Å². The molecule has 1 N–H and O–H groups in total. The second-order valence-electron chi connectivity index (χ2n) is 2.22. The fraction of sp³-hybridized carbons (Fsp3) is 0.300. The predicted molar refractivity (Wildman–Crippen MR) is 56.5 cm³/mol. The molecule has 0 aliphatic rings. The van der Waals surface area contributed by atoms with Crippen LogP contribution >= 0.6 is 15.9 Å². The molecular weight excluding hydrogens is 230 g/mol. The summed E-state index contributed by atoms with van der Waals surface area (Å²) in [6, 6.07) is 11.7. The summed E-state index contributed by atoms with van der Waals surface area (Å²) < 4.78 is 0. The summed E-state index contributed by atoms with van der Waals surface area (Å²) >= 11 is 3.22. The molecule has 0 aromatic heterocycles. The molecule has 0 bridgehead atoms. The minimum Gasteiger partial charge on any atom is -0.397 e. The Balaban J connectivity index is 0.000000424. The smallest absolute Gasteiger partial charge is 0.126 e. The molecular formula is C10H12BrNO. The first kappa shape index (κ1) is 12.2. The third kappa shape index (κ3) is 5.40. The molecule has 1 aromatic rings.